The van der Waals surface area contributed by atoms with Gasteiger partial charge in [-0.3, -0.25) is 0 Å². The third-order valence-corrected chi connectivity index (χ3v) is 3.03. The van der Waals surface area contributed by atoms with Crippen LogP contribution in [0.4, 0.5) is 0 Å². The maximum Gasteiger partial charge on any atom is 0.156 e. The average Bonchev–Trinajstić information content (AvgIpc) is 2.30. The molecular formula is C13H20Cl2NO+. The molecule has 0 aliphatic carbocycles. The minimum absolute atomic E-state index is 0.605. The summed E-state index contributed by atoms with van der Waals surface area (Å²) >= 11 is 12.3. The van der Waals surface area contributed by atoms with Crippen LogP contribution >= 0.6 is 23.2 Å². The van der Waals surface area contributed by atoms with E-state index >= 15 is 0 Å². The molecule has 2 N–H and O–H groups in total. The number of nitrogens with two attached hydrogens (primary N) is 1. The van der Waals surface area contributed by atoms with E-state index in [0.717, 1.165) is 31.5 Å². The molecular weight excluding hydrogens is 257 g/mol. The van der Waals surface area contributed by atoms with E-state index in [-0.39, 0.29) is 0 Å². The van der Waals surface area contributed by atoms with E-state index in [9.17, 15) is 0 Å². The van der Waals surface area contributed by atoms with Crippen molar-refractivity contribution in [3.63, 3.8) is 0 Å². The first-order chi connectivity index (χ1) is 8.19. The number of hydrogen-bond donors (Lipinski definition) is 1. The summed E-state index contributed by atoms with van der Waals surface area (Å²) < 4.78 is 5.59. The number of ether oxygens (including phenoxy) is 1. The summed E-state index contributed by atoms with van der Waals surface area (Å²) in [6.45, 7) is 6.84. The minimum Gasteiger partial charge on any atom is -0.490 e. The van der Waals surface area contributed by atoms with Crippen LogP contribution < -0.4 is 10.1 Å². The number of halogens is 2. The van der Waals surface area contributed by atoms with Crippen LogP contribution in [0.5, 0.6) is 5.75 Å². The summed E-state index contributed by atoms with van der Waals surface area (Å²) in [5.74, 6) is 0.613. The zero-order valence-electron chi connectivity index (χ0n) is 10.4. The molecule has 0 saturated heterocycles. The molecule has 0 radical (unpaired) electrons. The number of quaternary nitrogens is 1. The lowest BCUT2D eigenvalue weighted by Crippen LogP contribution is -2.81. The molecule has 0 unspecified atom stereocenters. The van der Waals surface area contributed by atoms with Gasteiger partial charge in [0.25, 0.3) is 0 Å². The Balaban J connectivity index is 2.72. The van der Waals surface area contributed by atoms with Crippen molar-refractivity contribution < 1.29 is 10.1 Å². The van der Waals surface area contributed by atoms with Crippen LogP contribution in [-0.4, -0.2) is 13.2 Å². The molecule has 0 aromatic heterocycles. The predicted molar refractivity (Wildman–Crippen MR) is 73.0 cm³/mol. The summed E-state index contributed by atoms with van der Waals surface area (Å²) in [6.07, 6.45) is 2.11. The second-order valence-corrected chi connectivity index (χ2v) is 4.81. The lowest BCUT2D eigenvalue weighted by atomic mass is 10.2. The number of rotatable bonds is 7. The monoisotopic (exact) mass is 276 g/mol. The lowest BCUT2D eigenvalue weighted by molar-refractivity contribution is -0.667. The molecule has 0 atom stereocenters. The van der Waals surface area contributed by atoms with Crippen molar-refractivity contribution >= 4 is 23.2 Å². The van der Waals surface area contributed by atoms with Crippen LogP contribution in [0.2, 0.25) is 10.0 Å². The minimum atomic E-state index is 0.605. The van der Waals surface area contributed by atoms with E-state index < -0.39 is 0 Å². The highest BCUT2D eigenvalue weighted by Crippen LogP contribution is 2.34. The van der Waals surface area contributed by atoms with Gasteiger partial charge in [-0.15, -0.1) is 0 Å². The molecule has 0 saturated carbocycles. The fourth-order valence-corrected chi connectivity index (χ4v) is 2.14. The van der Waals surface area contributed by atoms with Crippen molar-refractivity contribution in [2.24, 2.45) is 0 Å². The van der Waals surface area contributed by atoms with Gasteiger partial charge in [-0.1, -0.05) is 36.5 Å². The third-order valence-electron chi connectivity index (χ3n) is 2.47. The quantitative estimate of drug-likeness (QED) is 0.761. The molecule has 0 aliphatic rings. The largest absolute Gasteiger partial charge is 0.490 e. The van der Waals surface area contributed by atoms with E-state index in [2.05, 4.69) is 19.2 Å². The predicted octanol–water partition coefficient (Wildman–Crippen LogP) is 3.26. The Morgan fingerprint density at radius 3 is 2.35 bits per heavy atom. The summed E-state index contributed by atoms with van der Waals surface area (Å²) in [6, 6.07) is 3.86. The van der Waals surface area contributed by atoms with Gasteiger partial charge in [0, 0.05) is 5.56 Å². The van der Waals surface area contributed by atoms with E-state index in [1.807, 2.05) is 12.1 Å². The molecule has 2 nitrogen and oxygen atoms in total. The van der Waals surface area contributed by atoms with Gasteiger partial charge < -0.3 is 10.1 Å². The molecule has 1 rings (SSSR count). The Kier molecular flexibility index (Phi) is 6.71. The van der Waals surface area contributed by atoms with E-state index in [0.29, 0.717) is 22.4 Å². The maximum atomic E-state index is 6.17. The van der Waals surface area contributed by atoms with Gasteiger partial charge in [0.2, 0.25) is 0 Å². The van der Waals surface area contributed by atoms with Crippen LogP contribution in [0, 0.1) is 0 Å². The van der Waals surface area contributed by atoms with Crippen LogP contribution in [0.15, 0.2) is 12.1 Å². The zero-order chi connectivity index (χ0) is 12.7. The Morgan fingerprint density at radius 1 is 1.18 bits per heavy atom. The Labute approximate surface area is 113 Å². The van der Waals surface area contributed by atoms with Gasteiger partial charge in [0.15, 0.2) is 5.75 Å². The summed E-state index contributed by atoms with van der Waals surface area (Å²) in [4.78, 5) is 0. The Bertz CT molecular complexity index is 332. The van der Waals surface area contributed by atoms with Crippen LogP contribution in [-0.2, 0) is 6.54 Å². The molecule has 0 fully saturated rings. The third kappa shape index (κ3) is 4.74. The number of unbranched alkanes of at least 4 members (excludes halogenated alkanes) is 1. The van der Waals surface area contributed by atoms with Gasteiger partial charge in [-0.05, 0) is 25.5 Å². The molecule has 17 heavy (non-hydrogen) atoms. The molecule has 0 spiro atoms. The molecule has 0 heterocycles. The summed E-state index contributed by atoms with van der Waals surface area (Å²) in [5.41, 5.74) is 1.13. The van der Waals surface area contributed by atoms with Crippen molar-refractivity contribution in [2.45, 2.75) is 33.2 Å². The van der Waals surface area contributed by atoms with Gasteiger partial charge in [0.1, 0.15) is 6.54 Å². The number of benzene rings is 1. The van der Waals surface area contributed by atoms with Crippen LogP contribution in [0.1, 0.15) is 32.3 Å². The standard InChI is InChI=1S/C13H19Cl2NO/c1-3-5-6-17-13-11(14)7-10(8-12(13)15)9-16-4-2/h7-8,16H,3-6,9H2,1-2H3/p+1. The normalized spacial score (nSPS) is 10.6. The summed E-state index contributed by atoms with van der Waals surface area (Å²) in [5, 5.41) is 3.40. The molecule has 4 heteroatoms. The van der Waals surface area contributed by atoms with Crippen molar-refractivity contribution in [1.29, 1.82) is 0 Å². The topological polar surface area (TPSA) is 25.8 Å². The Hall–Kier alpha value is -0.440. The van der Waals surface area contributed by atoms with E-state index in [1.165, 1.54) is 0 Å². The number of hydrogen-bond acceptors (Lipinski definition) is 1. The van der Waals surface area contributed by atoms with E-state index in [1.54, 1.807) is 0 Å². The van der Waals surface area contributed by atoms with Gasteiger partial charge in [-0.2, -0.15) is 0 Å². The highest BCUT2D eigenvalue weighted by Gasteiger charge is 2.10. The van der Waals surface area contributed by atoms with Crippen molar-refractivity contribution in [2.75, 3.05) is 13.2 Å². The lowest BCUT2D eigenvalue weighted by Gasteiger charge is -2.11. The first-order valence-corrected chi connectivity index (χ1v) is 6.87. The molecule has 1 aromatic carbocycles. The summed E-state index contributed by atoms with van der Waals surface area (Å²) in [7, 11) is 0. The van der Waals surface area contributed by atoms with Gasteiger partial charge in [0.05, 0.1) is 23.2 Å². The fraction of sp³-hybridized carbons (Fsp3) is 0.538. The second-order valence-electron chi connectivity index (χ2n) is 3.99. The molecule has 0 bridgehead atoms. The smallest absolute Gasteiger partial charge is 0.156 e. The molecule has 0 amide bonds. The van der Waals surface area contributed by atoms with Crippen molar-refractivity contribution in [1.82, 2.24) is 0 Å². The highest BCUT2D eigenvalue weighted by atomic mass is 35.5. The molecule has 0 aliphatic heterocycles. The van der Waals surface area contributed by atoms with E-state index in [4.69, 9.17) is 27.9 Å². The van der Waals surface area contributed by atoms with Crippen molar-refractivity contribution in [3.8, 4) is 5.75 Å². The van der Waals surface area contributed by atoms with Crippen LogP contribution in [0.25, 0.3) is 0 Å². The fourth-order valence-electron chi connectivity index (χ4n) is 1.50. The van der Waals surface area contributed by atoms with Crippen molar-refractivity contribution in [3.05, 3.63) is 27.7 Å². The molecule has 1 aromatic rings. The Morgan fingerprint density at radius 2 is 1.82 bits per heavy atom. The first-order valence-electron chi connectivity index (χ1n) is 6.11. The highest BCUT2D eigenvalue weighted by molar-refractivity contribution is 6.37. The zero-order valence-corrected chi connectivity index (χ0v) is 11.9. The second kappa shape index (κ2) is 7.80. The van der Waals surface area contributed by atoms with Gasteiger partial charge in [-0.25, -0.2) is 0 Å². The maximum absolute atomic E-state index is 6.17. The SMILES string of the molecule is CCCCOc1c(Cl)cc(C[NH2+]CC)cc1Cl. The van der Waals surface area contributed by atoms with Gasteiger partial charge >= 0.3 is 0 Å². The molecule has 96 valence electrons. The average molecular weight is 277 g/mol. The van der Waals surface area contributed by atoms with Crippen LogP contribution in [0.3, 0.4) is 0 Å². The first kappa shape index (κ1) is 14.6.